The van der Waals surface area contributed by atoms with E-state index in [2.05, 4.69) is 71.0 Å². The number of fused-ring (bicyclic) bond motifs is 2. The molecule has 2 aromatic carbocycles. The van der Waals surface area contributed by atoms with Gasteiger partial charge in [0.25, 0.3) is 0 Å². The van der Waals surface area contributed by atoms with Crippen molar-refractivity contribution in [2.24, 2.45) is 0 Å². The summed E-state index contributed by atoms with van der Waals surface area (Å²) in [5.74, 6) is 0.0882. The molecule has 126 valence electrons. The molecule has 1 atom stereocenters. The predicted octanol–water partition coefficient (Wildman–Crippen LogP) is 3.40. The highest BCUT2D eigenvalue weighted by Crippen LogP contribution is 2.47. The zero-order valence-corrected chi connectivity index (χ0v) is 14.9. The van der Waals surface area contributed by atoms with Gasteiger partial charge in [0.2, 0.25) is 5.91 Å². The van der Waals surface area contributed by atoms with Crippen molar-refractivity contribution in [1.82, 2.24) is 10.6 Å². The van der Waals surface area contributed by atoms with Gasteiger partial charge < -0.3 is 15.5 Å². The number of carbonyl (C=O) groups excluding carboxylic acids is 1. The molecule has 1 aliphatic heterocycles. The van der Waals surface area contributed by atoms with Crippen LogP contribution in [0.2, 0.25) is 0 Å². The molecule has 24 heavy (non-hydrogen) atoms. The van der Waals surface area contributed by atoms with Crippen LogP contribution in [-0.4, -0.2) is 32.1 Å². The predicted molar refractivity (Wildman–Crippen MR) is 100 cm³/mol. The van der Waals surface area contributed by atoms with Gasteiger partial charge in [0.1, 0.15) is 0 Å². The molecule has 1 heterocycles. The number of likely N-dealkylation sites (N-methyl/N-ethyl adjacent to an activating group) is 1. The fraction of sp³-hybridized carbons (Fsp3) is 0.316. The maximum atomic E-state index is 12.2. The maximum absolute atomic E-state index is 12.2. The molecule has 0 bridgehead atoms. The Labute approximate surface area is 147 Å². The van der Waals surface area contributed by atoms with Crippen molar-refractivity contribution in [3.05, 3.63) is 48.5 Å². The van der Waals surface area contributed by atoms with Gasteiger partial charge in [-0.05, 0) is 38.2 Å². The van der Waals surface area contributed by atoms with Crippen molar-refractivity contribution < 1.29 is 4.79 Å². The highest BCUT2D eigenvalue weighted by atomic mass is 32.2. The Morgan fingerprint density at radius 3 is 2.25 bits per heavy atom. The van der Waals surface area contributed by atoms with Crippen LogP contribution in [0.25, 0.3) is 0 Å². The average molecular weight is 341 g/mol. The van der Waals surface area contributed by atoms with E-state index < -0.39 is 0 Å². The standard InChI is InChI=1S/C19H23N3OS/c1-14(20-2)13-21-19(23)11-12-22-15-7-3-5-9-17(15)24-18-10-6-4-8-16(18)22/h3-10,14,20H,11-13H2,1-2H3,(H,21,23). The van der Waals surface area contributed by atoms with Gasteiger partial charge in [-0.3, -0.25) is 4.79 Å². The van der Waals surface area contributed by atoms with Crippen LogP contribution >= 0.6 is 11.8 Å². The summed E-state index contributed by atoms with van der Waals surface area (Å²) in [5.41, 5.74) is 2.36. The lowest BCUT2D eigenvalue weighted by Gasteiger charge is -2.32. The molecule has 1 unspecified atom stereocenters. The molecular formula is C19H23N3OS. The summed E-state index contributed by atoms with van der Waals surface area (Å²) in [5, 5.41) is 6.11. The van der Waals surface area contributed by atoms with Crippen LogP contribution in [0.4, 0.5) is 11.4 Å². The molecule has 3 rings (SSSR count). The number of anilines is 2. The third-order valence-electron chi connectivity index (χ3n) is 4.19. The van der Waals surface area contributed by atoms with E-state index >= 15 is 0 Å². The summed E-state index contributed by atoms with van der Waals surface area (Å²) in [4.78, 5) is 16.9. The summed E-state index contributed by atoms with van der Waals surface area (Å²) in [6.07, 6.45) is 0.476. The van der Waals surface area contributed by atoms with Crippen LogP contribution in [0, 0.1) is 0 Å². The van der Waals surface area contributed by atoms with Crippen molar-refractivity contribution >= 4 is 29.0 Å². The molecule has 2 N–H and O–H groups in total. The minimum absolute atomic E-state index is 0.0882. The first-order chi connectivity index (χ1) is 11.7. The van der Waals surface area contributed by atoms with Gasteiger partial charge in [0.05, 0.1) is 11.4 Å². The highest BCUT2D eigenvalue weighted by Gasteiger charge is 2.23. The number of nitrogens with one attached hydrogen (secondary N) is 2. The number of hydrogen-bond donors (Lipinski definition) is 2. The quantitative estimate of drug-likeness (QED) is 0.845. The van der Waals surface area contributed by atoms with E-state index in [1.807, 2.05) is 7.05 Å². The number of amides is 1. The topological polar surface area (TPSA) is 44.4 Å². The molecule has 0 fully saturated rings. The zero-order valence-electron chi connectivity index (χ0n) is 14.1. The van der Waals surface area contributed by atoms with Crippen LogP contribution < -0.4 is 15.5 Å². The molecule has 1 amide bonds. The lowest BCUT2D eigenvalue weighted by Crippen LogP contribution is -2.38. The first-order valence-corrected chi connectivity index (χ1v) is 9.08. The monoisotopic (exact) mass is 341 g/mol. The number of carbonyl (C=O) groups is 1. The fourth-order valence-electron chi connectivity index (χ4n) is 2.69. The van der Waals surface area contributed by atoms with Gasteiger partial charge in [-0.15, -0.1) is 0 Å². The van der Waals surface area contributed by atoms with Crippen molar-refractivity contribution in [3.63, 3.8) is 0 Å². The van der Waals surface area contributed by atoms with Crippen molar-refractivity contribution in [1.29, 1.82) is 0 Å². The second-order valence-corrected chi connectivity index (χ2v) is 7.02. The summed E-state index contributed by atoms with van der Waals surface area (Å²) in [7, 11) is 1.90. The third-order valence-corrected chi connectivity index (χ3v) is 5.32. The Hall–Kier alpha value is -1.98. The molecule has 0 spiro atoms. The van der Waals surface area contributed by atoms with E-state index in [1.165, 1.54) is 21.2 Å². The number of rotatable bonds is 6. The largest absolute Gasteiger partial charge is 0.354 e. The van der Waals surface area contributed by atoms with E-state index in [4.69, 9.17) is 0 Å². The van der Waals surface area contributed by atoms with Gasteiger partial charge in [-0.1, -0.05) is 36.0 Å². The average Bonchev–Trinajstić information content (AvgIpc) is 2.63. The van der Waals surface area contributed by atoms with E-state index in [-0.39, 0.29) is 11.9 Å². The Balaban J connectivity index is 1.72. The van der Waals surface area contributed by atoms with Crippen molar-refractivity contribution in [2.45, 2.75) is 29.2 Å². The van der Waals surface area contributed by atoms with E-state index in [1.54, 1.807) is 11.8 Å². The first-order valence-electron chi connectivity index (χ1n) is 8.26. The fourth-order valence-corrected chi connectivity index (χ4v) is 3.79. The molecule has 4 nitrogen and oxygen atoms in total. The summed E-state index contributed by atoms with van der Waals surface area (Å²) < 4.78 is 0. The molecule has 0 aromatic heterocycles. The molecular weight excluding hydrogens is 318 g/mol. The van der Waals surface area contributed by atoms with Gasteiger partial charge >= 0.3 is 0 Å². The number of nitrogens with zero attached hydrogens (tertiary/aromatic N) is 1. The van der Waals surface area contributed by atoms with Gasteiger partial charge in [0.15, 0.2) is 0 Å². The van der Waals surface area contributed by atoms with Crippen LogP contribution in [0.3, 0.4) is 0 Å². The molecule has 0 saturated carbocycles. The number of hydrogen-bond acceptors (Lipinski definition) is 4. The van der Waals surface area contributed by atoms with Crippen LogP contribution in [0.1, 0.15) is 13.3 Å². The minimum Gasteiger partial charge on any atom is -0.354 e. The summed E-state index contributed by atoms with van der Waals surface area (Å²) in [6.45, 7) is 3.38. The minimum atomic E-state index is 0.0882. The molecule has 5 heteroatoms. The molecule has 0 aliphatic carbocycles. The highest BCUT2D eigenvalue weighted by molar-refractivity contribution is 7.99. The van der Waals surface area contributed by atoms with Gasteiger partial charge in [-0.25, -0.2) is 0 Å². The lowest BCUT2D eigenvalue weighted by atomic mass is 10.2. The number of para-hydroxylation sites is 2. The van der Waals surface area contributed by atoms with Crippen LogP contribution in [0.15, 0.2) is 58.3 Å². The van der Waals surface area contributed by atoms with E-state index in [0.717, 1.165) is 0 Å². The second kappa shape index (κ2) is 7.73. The van der Waals surface area contributed by atoms with Crippen LogP contribution in [-0.2, 0) is 4.79 Å². The molecule has 1 aliphatic rings. The summed E-state index contributed by atoms with van der Waals surface area (Å²) in [6, 6.07) is 17.0. The van der Waals surface area contributed by atoms with Crippen molar-refractivity contribution in [3.8, 4) is 0 Å². The summed E-state index contributed by atoms with van der Waals surface area (Å²) >= 11 is 1.79. The maximum Gasteiger partial charge on any atom is 0.221 e. The van der Waals surface area contributed by atoms with E-state index in [0.29, 0.717) is 19.5 Å². The first kappa shape index (κ1) is 16.9. The SMILES string of the molecule is CNC(C)CNC(=O)CCN1c2ccccc2Sc2ccccc21. The molecule has 0 radical (unpaired) electrons. The normalized spacial score (nSPS) is 13.8. The Morgan fingerprint density at radius 1 is 1.08 bits per heavy atom. The van der Waals surface area contributed by atoms with E-state index in [9.17, 15) is 4.79 Å². The Bertz CT molecular complexity index is 674. The van der Waals surface area contributed by atoms with Crippen molar-refractivity contribution in [2.75, 3.05) is 25.0 Å². The third kappa shape index (κ3) is 3.74. The Morgan fingerprint density at radius 2 is 1.67 bits per heavy atom. The second-order valence-electron chi connectivity index (χ2n) is 5.93. The smallest absolute Gasteiger partial charge is 0.221 e. The van der Waals surface area contributed by atoms with Crippen LogP contribution in [0.5, 0.6) is 0 Å². The zero-order chi connectivity index (χ0) is 16.9. The van der Waals surface area contributed by atoms with Gasteiger partial charge in [0, 0.05) is 35.3 Å². The molecule has 0 saturated heterocycles. The van der Waals surface area contributed by atoms with Gasteiger partial charge in [-0.2, -0.15) is 0 Å². The Kier molecular flexibility index (Phi) is 5.43. The lowest BCUT2D eigenvalue weighted by molar-refractivity contribution is -0.120. The molecule has 2 aromatic rings. The number of benzene rings is 2.